The summed E-state index contributed by atoms with van der Waals surface area (Å²) in [6, 6.07) is 44.8. The summed E-state index contributed by atoms with van der Waals surface area (Å²) in [5, 5.41) is 49.1. The zero-order chi connectivity index (χ0) is 43.7. The second kappa shape index (κ2) is 18.5. The number of rotatable bonds is 13. The van der Waals surface area contributed by atoms with Crippen molar-refractivity contribution in [3.05, 3.63) is 206 Å². The first kappa shape index (κ1) is 42.2. The lowest BCUT2D eigenvalue weighted by Gasteiger charge is -2.33. The summed E-state index contributed by atoms with van der Waals surface area (Å²) in [5.41, 5.74) is -0.810. The van der Waals surface area contributed by atoms with Crippen LogP contribution in [0.2, 0.25) is 0 Å². The highest BCUT2D eigenvalue weighted by Gasteiger charge is 2.65. The van der Waals surface area contributed by atoms with Crippen LogP contribution >= 0.6 is 11.3 Å². The van der Waals surface area contributed by atoms with Crippen molar-refractivity contribution in [1.29, 1.82) is 15.8 Å². The first-order valence-corrected chi connectivity index (χ1v) is 19.9. The van der Waals surface area contributed by atoms with Crippen LogP contribution in [-0.4, -0.2) is 16.4 Å². The van der Waals surface area contributed by atoms with Gasteiger partial charge in [0.1, 0.15) is 47.6 Å². The Labute approximate surface area is 360 Å². The van der Waals surface area contributed by atoms with Gasteiger partial charge in [0, 0.05) is 51.3 Å². The van der Waals surface area contributed by atoms with Crippen molar-refractivity contribution in [1.82, 2.24) is 0 Å². The minimum atomic E-state index is -5.10. The third-order valence-electron chi connectivity index (χ3n) is 9.98. The molecule has 6 aromatic rings. The maximum Gasteiger partial charge on any atom is 0.437 e. The molecule has 62 heavy (non-hydrogen) atoms. The summed E-state index contributed by atoms with van der Waals surface area (Å²) in [7, 11) is 0. The van der Waals surface area contributed by atoms with Crippen LogP contribution in [0.5, 0.6) is 17.2 Å². The third kappa shape index (κ3) is 9.25. The Kier molecular flexibility index (Phi) is 12.6. The van der Waals surface area contributed by atoms with Gasteiger partial charge < -0.3 is 24.6 Å². The molecule has 2 N–H and O–H groups in total. The minimum absolute atomic E-state index is 0.166. The van der Waals surface area contributed by atoms with Gasteiger partial charge in [-0.15, -0.1) is 11.3 Å². The molecule has 0 bridgehead atoms. The maximum absolute atomic E-state index is 15.2. The number of phenolic OH excluding ortho intramolecular Hbond substituents is 2. The molecular formula is C50H35F3N4O4S. The molecule has 2 heterocycles. The van der Waals surface area contributed by atoms with Gasteiger partial charge in [0.05, 0.1) is 0 Å². The van der Waals surface area contributed by atoms with Gasteiger partial charge in [-0.2, -0.15) is 29.0 Å². The van der Waals surface area contributed by atoms with Crippen molar-refractivity contribution in [2.75, 3.05) is 4.90 Å². The molecule has 0 saturated carbocycles. The Bertz CT molecular complexity index is 2750. The first-order valence-electron chi connectivity index (χ1n) is 19.1. The van der Waals surface area contributed by atoms with Crippen molar-refractivity contribution in [3.63, 3.8) is 0 Å². The fourth-order valence-corrected chi connectivity index (χ4v) is 7.73. The number of benzene rings is 5. The number of nitriles is 3. The molecule has 1 aromatic heterocycles. The Morgan fingerprint density at radius 3 is 1.81 bits per heavy atom. The molecule has 0 amide bonds. The van der Waals surface area contributed by atoms with Gasteiger partial charge in [-0.05, 0) is 83.4 Å². The number of nitrogens with zero attached hydrogens (tertiary/aromatic N) is 4. The second-order valence-corrected chi connectivity index (χ2v) is 15.2. The maximum atomic E-state index is 15.2. The summed E-state index contributed by atoms with van der Waals surface area (Å²) in [6.45, 7) is 1.30. The molecule has 0 saturated heterocycles. The number of anilines is 1. The van der Waals surface area contributed by atoms with Crippen LogP contribution in [0.1, 0.15) is 37.6 Å². The van der Waals surface area contributed by atoms with Gasteiger partial charge in [0.2, 0.25) is 0 Å². The van der Waals surface area contributed by atoms with Crippen LogP contribution in [0.3, 0.4) is 0 Å². The largest absolute Gasteiger partial charge is 0.508 e. The van der Waals surface area contributed by atoms with Crippen molar-refractivity contribution >= 4 is 35.3 Å². The monoisotopic (exact) mass is 844 g/mol. The summed E-state index contributed by atoms with van der Waals surface area (Å²) in [4.78, 5) is 3.49. The number of thiophene rings is 1. The van der Waals surface area contributed by atoms with Gasteiger partial charge >= 0.3 is 6.18 Å². The third-order valence-corrected chi connectivity index (χ3v) is 11.0. The average Bonchev–Trinajstić information content (AvgIpc) is 3.89. The van der Waals surface area contributed by atoms with E-state index >= 15 is 13.2 Å². The van der Waals surface area contributed by atoms with E-state index < -0.39 is 34.3 Å². The minimum Gasteiger partial charge on any atom is -0.508 e. The van der Waals surface area contributed by atoms with Crippen molar-refractivity contribution < 1.29 is 32.9 Å². The predicted molar refractivity (Wildman–Crippen MR) is 232 cm³/mol. The lowest BCUT2D eigenvalue weighted by Crippen LogP contribution is -2.43. The molecule has 1 aliphatic heterocycles. The molecular weight excluding hydrogens is 810 g/mol. The molecule has 7 rings (SSSR count). The highest BCUT2D eigenvalue weighted by Crippen LogP contribution is 2.56. The van der Waals surface area contributed by atoms with E-state index in [1.165, 1.54) is 41.7 Å². The molecule has 1 aliphatic rings. The van der Waals surface area contributed by atoms with Crippen molar-refractivity contribution in [2.45, 2.75) is 31.5 Å². The number of alkyl halides is 3. The number of hydrogen-bond acceptors (Lipinski definition) is 9. The fraction of sp³-hybridized carbons (Fsp3) is 0.100. The van der Waals surface area contributed by atoms with E-state index in [0.717, 1.165) is 38.9 Å². The molecule has 0 fully saturated rings. The number of allylic oxidation sites excluding steroid dienone is 2. The number of halogens is 3. The Balaban J connectivity index is 1.22. The van der Waals surface area contributed by atoms with E-state index in [2.05, 4.69) is 4.90 Å². The van der Waals surface area contributed by atoms with Crippen LogP contribution in [-0.2, 0) is 30.0 Å². The Hall–Kier alpha value is -7.98. The number of phenols is 2. The molecule has 0 aliphatic carbocycles. The summed E-state index contributed by atoms with van der Waals surface area (Å²) in [5.74, 6) is 0.201. The number of hydrogen-bond donors (Lipinski definition) is 2. The standard InChI is InChI=1S/C50H35F3N4O4S/c51-50(52,53)49(39-9-5-2-6-10-39)46(45(30-56)48(61-49)38(28-54)29-55)26-25-44-24-23-43(62-44)22-16-37-15-17-40(27-47(37)60-33-36-7-3-1-4-8-36)57(31-34-11-18-41(58)19-12-34)32-35-13-20-42(59)21-14-35/h1-27,58-59H,31-33H2/b22-16+,26-25+. The summed E-state index contributed by atoms with van der Waals surface area (Å²) in [6.07, 6.45) is 1.27. The zero-order valence-corrected chi connectivity index (χ0v) is 33.6. The molecule has 306 valence electrons. The molecule has 5 aromatic carbocycles. The van der Waals surface area contributed by atoms with Crippen LogP contribution in [0, 0.1) is 34.0 Å². The van der Waals surface area contributed by atoms with Gasteiger partial charge in [-0.3, -0.25) is 0 Å². The highest BCUT2D eigenvalue weighted by atomic mass is 32.1. The molecule has 1 atom stereocenters. The van der Waals surface area contributed by atoms with Gasteiger partial charge in [0.25, 0.3) is 5.60 Å². The van der Waals surface area contributed by atoms with Crippen LogP contribution in [0.4, 0.5) is 18.9 Å². The lowest BCUT2D eigenvalue weighted by atomic mass is 9.84. The number of ether oxygens (including phenoxy) is 2. The van der Waals surface area contributed by atoms with E-state index in [9.17, 15) is 26.0 Å². The molecule has 8 nitrogen and oxygen atoms in total. The Morgan fingerprint density at radius 2 is 1.26 bits per heavy atom. The highest BCUT2D eigenvalue weighted by molar-refractivity contribution is 7.13. The molecule has 1 unspecified atom stereocenters. The van der Waals surface area contributed by atoms with E-state index in [4.69, 9.17) is 9.47 Å². The number of aromatic hydroxyl groups is 2. The topological polar surface area (TPSA) is 134 Å². The molecule has 12 heteroatoms. The van der Waals surface area contributed by atoms with Crippen LogP contribution < -0.4 is 9.64 Å². The normalized spacial score (nSPS) is 14.9. The van der Waals surface area contributed by atoms with Gasteiger partial charge in [-0.25, -0.2) is 0 Å². The summed E-state index contributed by atoms with van der Waals surface area (Å²) >= 11 is 1.29. The SMILES string of the molecule is N#CC(C#N)=C1OC(c2ccccc2)(C(F)(F)F)C(/C=C/c2ccc(/C=C/c3ccc(N(Cc4ccc(O)cc4)Cc4ccc(O)cc4)cc3OCc3ccccc3)s2)=C1C#N. The summed E-state index contributed by atoms with van der Waals surface area (Å²) < 4.78 is 57.7. The Morgan fingerprint density at radius 1 is 0.694 bits per heavy atom. The molecule has 0 radical (unpaired) electrons. The van der Waals surface area contributed by atoms with Crippen molar-refractivity contribution in [2.24, 2.45) is 0 Å². The second-order valence-electron chi connectivity index (χ2n) is 14.1. The van der Waals surface area contributed by atoms with E-state index in [1.54, 1.807) is 54.6 Å². The van der Waals surface area contributed by atoms with E-state index in [-0.39, 0.29) is 17.1 Å². The van der Waals surface area contributed by atoms with Crippen molar-refractivity contribution in [3.8, 4) is 35.5 Å². The quantitative estimate of drug-likeness (QED) is 0.110. The fourth-order valence-electron chi connectivity index (χ4n) is 6.92. The van der Waals surface area contributed by atoms with E-state index in [1.807, 2.05) is 91.0 Å². The van der Waals surface area contributed by atoms with E-state index in [0.29, 0.717) is 30.3 Å². The predicted octanol–water partition coefficient (Wildman–Crippen LogP) is 11.7. The first-order chi connectivity index (χ1) is 30.0. The van der Waals surface area contributed by atoms with Gasteiger partial charge in [-0.1, -0.05) is 91.0 Å². The zero-order valence-electron chi connectivity index (χ0n) is 32.8. The average molecular weight is 845 g/mol. The van der Waals surface area contributed by atoms with Crippen LogP contribution in [0.25, 0.3) is 18.2 Å². The lowest BCUT2D eigenvalue weighted by molar-refractivity contribution is -0.249. The van der Waals surface area contributed by atoms with Gasteiger partial charge in [0.15, 0.2) is 11.3 Å². The van der Waals surface area contributed by atoms with Crippen LogP contribution in [0.15, 0.2) is 168 Å². The molecule has 0 spiro atoms. The smallest absolute Gasteiger partial charge is 0.437 e.